The zero-order valence-electron chi connectivity index (χ0n) is 6.87. The van der Waals surface area contributed by atoms with Crippen molar-refractivity contribution in [2.45, 2.75) is 44.2 Å². The van der Waals surface area contributed by atoms with E-state index < -0.39 is 0 Å². The van der Waals surface area contributed by atoms with Gasteiger partial charge < -0.3 is 10.8 Å². The smallest absolute Gasteiger partial charge is 0.0696 e. The third-order valence-corrected chi connectivity index (χ3v) is 3.45. The Hall–Kier alpha value is -0.0800. The second-order valence-electron chi connectivity index (χ2n) is 4.09. The Morgan fingerprint density at radius 3 is 2.64 bits per heavy atom. The first-order valence-electron chi connectivity index (χ1n) is 4.72. The Balaban J connectivity index is 2.05. The monoisotopic (exact) mass is 155 g/mol. The Kier molecular flexibility index (Phi) is 1.90. The number of aliphatic hydroxyl groups is 1. The summed E-state index contributed by atoms with van der Waals surface area (Å²) in [6.07, 6.45) is 5.98. The van der Waals surface area contributed by atoms with Crippen LogP contribution in [0.1, 0.15) is 32.1 Å². The lowest BCUT2D eigenvalue weighted by Gasteiger charge is -2.27. The van der Waals surface area contributed by atoms with Crippen molar-refractivity contribution in [1.29, 1.82) is 0 Å². The zero-order chi connectivity index (χ0) is 7.84. The van der Waals surface area contributed by atoms with Gasteiger partial charge in [0.25, 0.3) is 0 Å². The molecule has 64 valence electrons. The molecule has 2 aliphatic rings. The number of aliphatic hydroxyl groups excluding tert-OH is 1. The van der Waals surface area contributed by atoms with Gasteiger partial charge in [0, 0.05) is 6.04 Å². The van der Waals surface area contributed by atoms with Gasteiger partial charge in [-0.2, -0.15) is 0 Å². The average Bonchev–Trinajstić information content (AvgIpc) is 2.30. The summed E-state index contributed by atoms with van der Waals surface area (Å²) in [6.45, 7) is 0. The maximum absolute atomic E-state index is 9.50. The highest BCUT2D eigenvalue weighted by Crippen LogP contribution is 2.41. The Morgan fingerprint density at radius 1 is 1.18 bits per heavy atom. The van der Waals surface area contributed by atoms with Crippen LogP contribution in [0.3, 0.4) is 0 Å². The average molecular weight is 155 g/mol. The minimum Gasteiger partial charge on any atom is -0.391 e. The van der Waals surface area contributed by atoms with E-state index in [-0.39, 0.29) is 12.1 Å². The molecule has 0 heterocycles. The quantitative estimate of drug-likeness (QED) is 0.545. The molecule has 2 saturated carbocycles. The molecular formula is C9H17NO. The Labute approximate surface area is 67.8 Å². The van der Waals surface area contributed by atoms with E-state index >= 15 is 0 Å². The lowest BCUT2D eigenvalue weighted by atomic mass is 9.80. The van der Waals surface area contributed by atoms with Crippen LogP contribution in [0.25, 0.3) is 0 Å². The van der Waals surface area contributed by atoms with Crippen LogP contribution in [0.4, 0.5) is 0 Å². The maximum atomic E-state index is 9.50. The summed E-state index contributed by atoms with van der Waals surface area (Å²) in [7, 11) is 0. The van der Waals surface area contributed by atoms with Gasteiger partial charge in [-0.1, -0.05) is 19.3 Å². The summed E-state index contributed by atoms with van der Waals surface area (Å²) in [4.78, 5) is 0. The van der Waals surface area contributed by atoms with Crippen LogP contribution >= 0.6 is 0 Å². The van der Waals surface area contributed by atoms with Crippen LogP contribution in [0.2, 0.25) is 0 Å². The zero-order valence-corrected chi connectivity index (χ0v) is 6.87. The highest BCUT2D eigenvalue weighted by molar-refractivity contribution is 4.95. The SMILES string of the molecule is N[C@H]1[C@H]2CCCC[C@H]2C[C@H]1O. The van der Waals surface area contributed by atoms with Crippen LogP contribution < -0.4 is 5.73 Å². The van der Waals surface area contributed by atoms with Crippen LogP contribution in [0.5, 0.6) is 0 Å². The van der Waals surface area contributed by atoms with Gasteiger partial charge in [-0.25, -0.2) is 0 Å². The molecule has 2 fully saturated rings. The summed E-state index contributed by atoms with van der Waals surface area (Å²) in [5.41, 5.74) is 5.88. The first-order valence-corrected chi connectivity index (χ1v) is 4.72. The van der Waals surface area contributed by atoms with Gasteiger partial charge in [-0.15, -0.1) is 0 Å². The third kappa shape index (κ3) is 1.18. The molecule has 0 aromatic carbocycles. The van der Waals surface area contributed by atoms with E-state index in [1.165, 1.54) is 25.7 Å². The van der Waals surface area contributed by atoms with Gasteiger partial charge in [-0.3, -0.25) is 0 Å². The van der Waals surface area contributed by atoms with Crippen LogP contribution in [0, 0.1) is 11.8 Å². The van der Waals surface area contributed by atoms with E-state index in [0.717, 1.165) is 12.3 Å². The van der Waals surface area contributed by atoms with Gasteiger partial charge in [0.15, 0.2) is 0 Å². The van der Waals surface area contributed by atoms with Crippen molar-refractivity contribution in [2.75, 3.05) is 0 Å². The summed E-state index contributed by atoms with van der Waals surface area (Å²) < 4.78 is 0. The molecule has 4 atom stereocenters. The van der Waals surface area contributed by atoms with Crippen molar-refractivity contribution in [3.05, 3.63) is 0 Å². The second-order valence-corrected chi connectivity index (χ2v) is 4.09. The Morgan fingerprint density at radius 2 is 1.91 bits per heavy atom. The number of fused-ring (bicyclic) bond motifs is 1. The lowest BCUT2D eigenvalue weighted by molar-refractivity contribution is 0.155. The highest BCUT2D eigenvalue weighted by atomic mass is 16.3. The van der Waals surface area contributed by atoms with E-state index in [2.05, 4.69) is 0 Å². The summed E-state index contributed by atoms with van der Waals surface area (Å²) in [5, 5.41) is 9.50. The minimum absolute atomic E-state index is 0.0836. The van der Waals surface area contributed by atoms with Crippen molar-refractivity contribution < 1.29 is 5.11 Å². The molecule has 0 aromatic rings. The molecule has 0 aliphatic heterocycles. The van der Waals surface area contributed by atoms with Gasteiger partial charge in [0.2, 0.25) is 0 Å². The molecule has 2 heteroatoms. The Bertz CT molecular complexity index is 148. The van der Waals surface area contributed by atoms with E-state index in [9.17, 15) is 5.11 Å². The molecule has 0 spiro atoms. The van der Waals surface area contributed by atoms with E-state index in [1.807, 2.05) is 0 Å². The molecule has 0 bridgehead atoms. The van der Waals surface area contributed by atoms with Gasteiger partial charge in [-0.05, 0) is 24.7 Å². The highest BCUT2D eigenvalue weighted by Gasteiger charge is 2.40. The fraction of sp³-hybridized carbons (Fsp3) is 1.00. The first kappa shape index (κ1) is 7.56. The topological polar surface area (TPSA) is 46.2 Å². The molecule has 2 rings (SSSR count). The van der Waals surface area contributed by atoms with Crippen molar-refractivity contribution in [3.63, 3.8) is 0 Å². The minimum atomic E-state index is -0.205. The van der Waals surface area contributed by atoms with Crippen LogP contribution in [-0.4, -0.2) is 17.3 Å². The number of rotatable bonds is 0. The molecule has 0 aromatic heterocycles. The van der Waals surface area contributed by atoms with E-state index in [1.54, 1.807) is 0 Å². The van der Waals surface area contributed by atoms with Gasteiger partial charge >= 0.3 is 0 Å². The van der Waals surface area contributed by atoms with E-state index in [4.69, 9.17) is 5.73 Å². The van der Waals surface area contributed by atoms with Crippen molar-refractivity contribution in [3.8, 4) is 0 Å². The number of nitrogens with two attached hydrogens (primary N) is 1. The molecule has 0 unspecified atom stereocenters. The fourth-order valence-electron chi connectivity index (χ4n) is 2.79. The largest absolute Gasteiger partial charge is 0.391 e. The van der Waals surface area contributed by atoms with Crippen molar-refractivity contribution in [2.24, 2.45) is 17.6 Å². The molecular weight excluding hydrogens is 138 g/mol. The van der Waals surface area contributed by atoms with Gasteiger partial charge in [0.1, 0.15) is 0 Å². The molecule has 2 aliphatic carbocycles. The summed E-state index contributed by atoms with van der Waals surface area (Å²) in [6, 6.07) is 0.0836. The summed E-state index contributed by atoms with van der Waals surface area (Å²) in [5.74, 6) is 1.38. The standard InChI is InChI=1S/C9H17NO/c10-9-7-4-2-1-3-6(7)5-8(9)11/h6-9,11H,1-5,10H2/t6-,7-,8+,9-/m0/s1. The molecule has 0 radical (unpaired) electrons. The molecule has 2 nitrogen and oxygen atoms in total. The molecule has 0 amide bonds. The number of hydrogen-bond acceptors (Lipinski definition) is 2. The fourth-order valence-corrected chi connectivity index (χ4v) is 2.79. The second kappa shape index (κ2) is 2.76. The molecule has 0 saturated heterocycles. The van der Waals surface area contributed by atoms with Crippen molar-refractivity contribution >= 4 is 0 Å². The van der Waals surface area contributed by atoms with Gasteiger partial charge in [0.05, 0.1) is 6.10 Å². The maximum Gasteiger partial charge on any atom is 0.0696 e. The molecule has 3 N–H and O–H groups in total. The predicted octanol–water partition coefficient (Wildman–Crippen LogP) is 0.885. The first-order chi connectivity index (χ1) is 5.29. The van der Waals surface area contributed by atoms with Crippen molar-refractivity contribution in [1.82, 2.24) is 0 Å². The number of hydrogen-bond donors (Lipinski definition) is 2. The normalized spacial score (nSPS) is 50.7. The molecule has 11 heavy (non-hydrogen) atoms. The van der Waals surface area contributed by atoms with Crippen LogP contribution in [-0.2, 0) is 0 Å². The summed E-state index contributed by atoms with van der Waals surface area (Å²) >= 11 is 0. The van der Waals surface area contributed by atoms with Crippen LogP contribution in [0.15, 0.2) is 0 Å². The third-order valence-electron chi connectivity index (χ3n) is 3.45. The predicted molar refractivity (Wildman–Crippen MR) is 44.0 cm³/mol. The lowest BCUT2D eigenvalue weighted by Crippen LogP contribution is -2.36. The van der Waals surface area contributed by atoms with E-state index in [0.29, 0.717) is 5.92 Å².